The first-order chi connectivity index (χ1) is 11.6. The van der Waals surface area contributed by atoms with Gasteiger partial charge in [-0.1, -0.05) is 12.1 Å². The second-order valence-corrected chi connectivity index (χ2v) is 5.14. The van der Waals surface area contributed by atoms with Gasteiger partial charge in [0.25, 0.3) is 5.69 Å². The van der Waals surface area contributed by atoms with E-state index in [1.807, 2.05) is 12.1 Å². The van der Waals surface area contributed by atoms with Crippen molar-refractivity contribution in [2.24, 2.45) is 4.99 Å². The number of methoxy groups -OCH3 is 1. The number of non-ortho nitro benzene ring substituents is 1. The van der Waals surface area contributed by atoms with Crippen molar-refractivity contribution in [3.63, 3.8) is 0 Å². The molecule has 2 rings (SSSR count). The fraction of sp³-hybridized carbons (Fsp3) is 0.278. The summed E-state index contributed by atoms with van der Waals surface area (Å²) in [6, 6.07) is 12.5. The lowest BCUT2D eigenvalue weighted by Crippen LogP contribution is -2.21. The largest absolute Gasteiger partial charge is 0.494 e. The molecule has 0 amide bonds. The normalized spacial score (nSPS) is 10.8. The first kappa shape index (κ1) is 17.5. The van der Waals surface area contributed by atoms with Gasteiger partial charge in [-0.05, 0) is 37.6 Å². The zero-order chi connectivity index (χ0) is 17.5. The molecule has 0 N–H and O–H groups in total. The summed E-state index contributed by atoms with van der Waals surface area (Å²) in [5.41, 5.74) is 2.65. The lowest BCUT2D eigenvalue weighted by atomic mass is 10.2. The highest BCUT2D eigenvalue weighted by Crippen LogP contribution is 2.31. The van der Waals surface area contributed by atoms with E-state index in [1.54, 1.807) is 12.3 Å². The summed E-state index contributed by atoms with van der Waals surface area (Å²) in [5.74, 6) is 0.375. The Morgan fingerprint density at radius 1 is 1.17 bits per heavy atom. The number of hydrogen-bond acceptors (Lipinski definition) is 5. The molecule has 24 heavy (non-hydrogen) atoms. The molecule has 0 saturated heterocycles. The van der Waals surface area contributed by atoms with E-state index in [0.29, 0.717) is 11.4 Å². The van der Waals surface area contributed by atoms with Gasteiger partial charge in [-0.2, -0.15) is 0 Å². The molecule has 0 aliphatic carbocycles. The van der Waals surface area contributed by atoms with Crippen molar-refractivity contribution < 1.29 is 9.66 Å². The van der Waals surface area contributed by atoms with Crippen molar-refractivity contribution in [3.8, 4) is 5.75 Å². The Hall–Kier alpha value is -2.89. The van der Waals surface area contributed by atoms with E-state index in [2.05, 4.69) is 35.9 Å². The Morgan fingerprint density at radius 2 is 1.83 bits per heavy atom. The van der Waals surface area contributed by atoms with E-state index < -0.39 is 4.92 Å². The third-order valence-corrected chi connectivity index (χ3v) is 3.75. The van der Waals surface area contributed by atoms with Crippen LogP contribution in [0.4, 0.5) is 17.1 Å². The van der Waals surface area contributed by atoms with Gasteiger partial charge in [0.05, 0.1) is 18.1 Å². The summed E-state index contributed by atoms with van der Waals surface area (Å²) in [4.78, 5) is 17.0. The van der Waals surface area contributed by atoms with Crippen LogP contribution in [0.5, 0.6) is 5.75 Å². The fourth-order valence-corrected chi connectivity index (χ4v) is 2.39. The van der Waals surface area contributed by atoms with Crippen LogP contribution in [-0.2, 0) is 0 Å². The number of nitro groups is 1. The minimum atomic E-state index is -0.456. The number of benzene rings is 2. The van der Waals surface area contributed by atoms with Crippen LogP contribution >= 0.6 is 0 Å². The standard InChI is InChI=1S/C18H21N3O3/c1-4-20(5-2)15-8-6-14(7-9-15)13-19-17-11-10-16(21(22)23)12-18(17)24-3/h6-13H,4-5H2,1-3H3. The maximum absolute atomic E-state index is 10.8. The van der Waals surface area contributed by atoms with Crippen molar-refractivity contribution in [2.45, 2.75) is 13.8 Å². The molecule has 0 fully saturated rings. The molecule has 2 aromatic carbocycles. The first-order valence-corrected chi connectivity index (χ1v) is 7.80. The highest BCUT2D eigenvalue weighted by Gasteiger charge is 2.10. The van der Waals surface area contributed by atoms with Crippen molar-refractivity contribution in [1.29, 1.82) is 0 Å². The summed E-state index contributed by atoms with van der Waals surface area (Å²) in [5, 5.41) is 10.8. The summed E-state index contributed by atoms with van der Waals surface area (Å²) >= 11 is 0. The average molecular weight is 327 g/mol. The van der Waals surface area contributed by atoms with Crippen LogP contribution in [0.1, 0.15) is 19.4 Å². The van der Waals surface area contributed by atoms with Crippen molar-refractivity contribution in [3.05, 3.63) is 58.1 Å². The van der Waals surface area contributed by atoms with Gasteiger partial charge in [0, 0.05) is 31.1 Å². The molecule has 2 aromatic rings. The molecule has 0 heterocycles. The third-order valence-electron chi connectivity index (χ3n) is 3.75. The highest BCUT2D eigenvalue weighted by atomic mass is 16.6. The van der Waals surface area contributed by atoms with Gasteiger partial charge < -0.3 is 9.64 Å². The monoisotopic (exact) mass is 327 g/mol. The number of hydrogen-bond donors (Lipinski definition) is 0. The quantitative estimate of drug-likeness (QED) is 0.434. The summed E-state index contributed by atoms with van der Waals surface area (Å²) < 4.78 is 5.18. The van der Waals surface area contributed by atoms with Crippen LogP contribution in [0, 0.1) is 10.1 Å². The molecule has 0 aromatic heterocycles. The van der Waals surface area contributed by atoms with E-state index in [4.69, 9.17) is 4.74 Å². The Labute approximate surface area is 141 Å². The lowest BCUT2D eigenvalue weighted by Gasteiger charge is -2.20. The number of anilines is 1. The SMILES string of the molecule is CCN(CC)c1ccc(C=Nc2ccc([N+](=O)[O-])cc2OC)cc1. The van der Waals surface area contributed by atoms with Crippen molar-refractivity contribution >= 4 is 23.3 Å². The molecule has 6 heteroatoms. The molecular formula is C18H21N3O3. The molecule has 0 spiro atoms. The molecule has 0 saturated carbocycles. The summed E-state index contributed by atoms with van der Waals surface area (Å²) in [6.07, 6.45) is 1.72. The Balaban J connectivity index is 2.20. The first-order valence-electron chi connectivity index (χ1n) is 7.80. The van der Waals surface area contributed by atoms with Crippen LogP contribution in [0.2, 0.25) is 0 Å². The topological polar surface area (TPSA) is 68.0 Å². The molecule has 0 unspecified atom stereocenters. The Bertz CT molecular complexity index is 723. The molecule has 0 aliphatic heterocycles. The summed E-state index contributed by atoms with van der Waals surface area (Å²) in [7, 11) is 1.47. The smallest absolute Gasteiger partial charge is 0.273 e. The number of rotatable bonds is 7. The van der Waals surface area contributed by atoms with Crippen molar-refractivity contribution in [1.82, 2.24) is 0 Å². The lowest BCUT2D eigenvalue weighted by molar-refractivity contribution is -0.384. The molecular weight excluding hydrogens is 306 g/mol. The summed E-state index contributed by atoms with van der Waals surface area (Å²) in [6.45, 7) is 6.17. The van der Waals surface area contributed by atoms with Gasteiger partial charge in [0.2, 0.25) is 0 Å². The Kier molecular flexibility index (Phi) is 5.89. The molecule has 0 aliphatic rings. The van der Waals surface area contributed by atoms with Gasteiger partial charge in [-0.25, -0.2) is 0 Å². The van der Waals surface area contributed by atoms with E-state index in [0.717, 1.165) is 18.7 Å². The second kappa shape index (κ2) is 8.10. The highest BCUT2D eigenvalue weighted by molar-refractivity contribution is 5.83. The number of ether oxygens (including phenoxy) is 1. The minimum Gasteiger partial charge on any atom is -0.494 e. The van der Waals surface area contributed by atoms with Crippen LogP contribution in [0.3, 0.4) is 0 Å². The maximum Gasteiger partial charge on any atom is 0.273 e. The average Bonchev–Trinajstić information content (AvgIpc) is 2.61. The number of nitrogens with zero attached hydrogens (tertiary/aromatic N) is 3. The molecule has 0 atom stereocenters. The Morgan fingerprint density at radius 3 is 2.38 bits per heavy atom. The van der Waals surface area contributed by atoms with E-state index in [-0.39, 0.29) is 5.69 Å². The third kappa shape index (κ3) is 4.10. The van der Waals surface area contributed by atoms with Gasteiger partial charge in [0.15, 0.2) is 5.75 Å². The zero-order valence-corrected chi connectivity index (χ0v) is 14.1. The van der Waals surface area contributed by atoms with Gasteiger partial charge in [0.1, 0.15) is 5.69 Å². The zero-order valence-electron chi connectivity index (χ0n) is 14.1. The molecule has 0 bridgehead atoms. The molecule has 126 valence electrons. The molecule has 6 nitrogen and oxygen atoms in total. The number of aliphatic imine (C=N–C) groups is 1. The number of nitro benzene ring substituents is 1. The van der Waals surface area contributed by atoms with Crippen LogP contribution < -0.4 is 9.64 Å². The van der Waals surface area contributed by atoms with E-state index in [1.165, 1.54) is 24.9 Å². The maximum atomic E-state index is 10.8. The predicted molar refractivity (Wildman–Crippen MR) is 96.9 cm³/mol. The van der Waals surface area contributed by atoms with Crippen LogP contribution in [0.25, 0.3) is 0 Å². The fourth-order valence-electron chi connectivity index (χ4n) is 2.39. The van der Waals surface area contributed by atoms with Gasteiger partial charge >= 0.3 is 0 Å². The van der Waals surface area contributed by atoms with Gasteiger partial charge in [-0.15, -0.1) is 0 Å². The van der Waals surface area contributed by atoms with Crippen LogP contribution in [-0.4, -0.2) is 31.3 Å². The van der Waals surface area contributed by atoms with Crippen LogP contribution in [0.15, 0.2) is 47.5 Å². The van der Waals surface area contributed by atoms with Gasteiger partial charge in [-0.3, -0.25) is 15.1 Å². The molecule has 0 radical (unpaired) electrons. The van der Waals surface area contributed by atoms with E-state index in [9.17, 15) is 10.1 Å². The second-order valence-electron chi connectivity index (χ2n) is 5.14. The minimum absolute atomic E-state index is 0.0191. The van der Waals surface area contributed by atoms with Crippen molar-refractivity contribution in [2.75, 3.05) is 25.1 Å². The van der Waals surface area contributed by atoms with E-state index >= 15 is 0 Å². The predicted octanol–water partition coefficient (Wildman–Crippen LogP) is 4.20.